The molecule has 0 saturated carbocycles. The second-order valence-corrected chi connectivity index (χ2v) is 11.3. The van der Waals surface area contributed by atoms with Gasteiger partial charge >= 0.3 is 0 Å². The van der Waals surface area contributed by atoms with E-state index in [0.29, 0.717) is 0 Å². The number of fused-ring (bicyclic) bond motifs is 6. The van der Waals surface area contributed by atoms with E-state index >= 15 is 0 Å². The molecular weight excluding hydrogens is 502 g/mol. The molecule has 0 radical (unpaired) electrons. The fourth-order valence-corrected chi connectivity index (χ4v) is 6.95. The molecule has 0 saturated heterocycles. The van der Waals surface area contributed by atoms with E-state index in [9.17, 15) is 0 Å². The van der Waals surface area contributed by atoms with Crippen molar-refractivity contribution in [2.45, 2.75) is 0 Å². The summed E-state index contributed by atoms with van der Waals surface area (Å²) in [5, 5.41) is 7.67. The molecule has 0 amide bonds. The van der Waals surface area contributed by atoms with Gasteiger partial charge in [-0.05, 0) is 81.2 Å². The van der Waals surface area contributed by atoms with Gasteiger partial charge in [0.15, 0.2) is 0 Å². The third kappa shape index (κ3) is 3.85. The summed E-state index contributed by atoms with van der Waals surface area (Å²) in [4.78, 5) is 2.39. The highest BCUT2D eigenvalue weighted by Gasteiger charge is 2.16. The van der Waals surface area contributed by atoms with Gasteiger partial charge in [0.25, 0.3) is 0 Å². The lowest BCUT2D eigenvalue weighted by Crippen LogP contribution is -2.09. The van der Waals surface area contributed by atoms with Crippen molar-refractivity contribution in [3.05, 3.63) is 152 Å². The van der Waals surface area contributed by atoms with E-state index in [2.05, 4.69) is 157 Å². The van der Waals surface area contributed by atoms with E-state index < -0.39 is 0 Å². The zero-order valence-electron chi connectivity index (χ0n) is 21.8. The van der Waals surface area contributed by atoms with Crippen LogP contribution in [0.15, 0.2) is 152 Å². The predicted octanol–water partition coefficient (Wildman–Crippen LogP) is 11.5. The SMILES string of the molecule is c1ccc(-c2ccc(N(c3ccc4ccc5ccccc5c4c3)c3ccc4sc5ccccc5c4c3)cc2)cc1. The number of anilines is 3. The third-order valence-corrected chi connectivity index (χ3v) is 8.99. The molecule has 0 fully saturated rings. The van der Waals surface area contributed by atoms with Crippen molar-refractivity contribution < 1.29 is 0 Å². The molecule has 0 atom stereocenters. The fraction of sp³-hybridized carbons (Fsp3) is 0. The van der Waals surface area contributed by atoms with Crippen molar-refractivity contribution in [2.24, 2.45) is 0 Å². The Balaban J connectivity index is 1.34. The second kappa shape index (κ2) is 9.37. The van der Waals surface area contributed by atoms with Crippen LogP contribution in [0.3, 0.4) is 0 Å². The summed E-state index contributed by atoms with van der Waals surface area (Å²) < 4.78 is 2.64. The summed E-state index contributed by atoms with van der Waals surface area (Å²) in [5.41, 5.74) is 5.88. The molecule has 0 aliphatic carbocycles. The molecule has 188 valence electrons. The summed E-state index contributed by atoms with van der Waals surface area (Å²) in [7, 11) is 0. The predicted molar refractivity (Wildman–Crippen MR) is 174 cm³/mol. The Labute approximate surface area is 237 Å². The first-order valence-corrected chi connectivity index (χ1v) is 14.4. The molecule has 2 heteroatoms. The lowest BCUT2D eigenvalue weighted by Gasteiger charge is -2.26. The van der Waals surface area contributed by atoms with Gasteiger partial charge in [-0.25, -0.2) is 0 Å². The molecule has 0 N–H and O–H groups in total. The Morgan fingerprint density at radius 2 is 0.900 bits per heavy atom. The largest absolute Gasteiger partial charge is 0.310 e. The zero-order chi connectivity index (χ0) is 26.5. The molecule has 0 bridgehead atoms. The average Bonchev–Trinajstić information content (AvgIpc) is 3.40. The maximum absolute atomic E-state index is 2.39. The summed E-state index contributed by atoms with van der Waals surface area (Å²) in [6, 6.07) is 55.1. The first-order chi connectivity index (χ1) is 19.8. The highest BCUT2D eigenvalue weighted by atomic mass is 32.1. The van der Waals surface area contributed by atoms with Gasteiger partial charge in [0.05, 0.1) is 0 Å². The average molecular weight is 528 g/mol. The summed E-state index contributed by atoms with van der Waals surface area (Å²) in [5.74, 6) is 0. The van der Waals surface area contributed by atoms with Crippen LogP contribution in [0.25, 0.3) is 52.8 Å². The zero-order valence-corrected chi connectivity index (χ0v) is 22.6. The summed E-state index contributed by atoms with van der Waals surface area (Å²) in [6.07, 6.45) is 0. The Hall–Kier alpha value is -4.92. The molecule has 0 aliphatic heterocycles. The van der Waals surface area contributed by atoms with Crippen molar-refractivity contribution >= 4 is 70.1 Å². The molecule has 0 aliphatic rings. The number of thiophene rings is 1. The van der Waals surface area contributed by atoms with Crippen LogP contribution in [0.4, 0.5) is 17.1 Å². The van der Waals surface area contributed by atoms with Gasteiger partial charge in [-0.3, -0.25) is 0 Å². The van der Waals surface area contributed by atoms with Gasteiger partial charge in [-0.1, -0.05) is 103 Å². The fourth-order valence-electron chi connectivity index (χ4n) is 5.86. The molecule has 7 aromatic carbocycles. The van der Waals surface area contributed by atoms with E-state index in [0.717, 1.165) is 17.1 Å². The van der Waals surface area contributed by atoms with Gasteiger partial charge in [0.1, 0.15) is 0 Å². The molecular formula is C38H25NS. The maximum Gasteiger partial charge on any atom is 0.0468 e. The number of nitrogens with zero attached hydrogens (tertiary/aromatic N) is 1. The Bertz CT molecular complexity index is 2160. The van der Waals surface area contributed by atoms with Crippen molar-refractivity contribution in [3.8, 4) is 11.1 Å². The van der Waals surface area contributed by atoms with Crippen LogP contribution in [0.1, 0.15) is 0 Å². The summed E-state index contributed by atoms with van der Waals surface area (Å²) >= 11 is 1.86. The molecule has 8 aromatic rings. The van der Waals surface area contributed by atoms with Gasteiger partial charge in [0, 0.05) is 37.2 Å². The quantitative estimate of drug-likeness (QED) is 0.206. The van der Waals surface area contributed by atoms with Gasteiger partial charge in [0.2, 0.25) is 0 Å². The third-order valence-electron chi connectivity index (χ3n) is 7.84. The summed E-state index contributed by atoms with van der Waals surface area (Å²) in [6.45, 7) is 0. The minimum Gasteiger partial charge on any atom is -0.310 e. The second-order valence-electron chi connectivity index (χ2n) is 10.2. The first-order valence-electron chi connectivity index (χ1n) is 13.6. The number of rotatable bonds is 4. The highest BCUT2D eigenvalue weighted by molar-refractivity contribution is 7.25. The molecule has 1 nitrogen and oxygen atoms in total. The maximum atomic E-state index is 2.39. The van der Waals surface area contributed by atoms with Gasteiger partial charge in [-0.15, -0.1) is 11.3 Å². The Morgan fingerprint density at radius 3 is 1.73 bits per heavy atom. The number of benzene rings is 7. The monoisotopic (exact) mass is 527 g/mol. The van der Waals surface area contributed by atoms with Crippen LogP contribution in [0.2, 0.25) is 0 Å². The Morgan fingerprint density at radius 1 is 0.350 bits per heavy atom. The van der Waals surface area contributed by atoms with Crippen LogP contribution >= 0.6 is 11.3 Å². The van der Waals surface area contributed by atoms with Crippen LogP contribution in [0.5, 0.6) is 0 Å². The van der Waals surface area contributed by atoms with Crippen LogP contribution < -0.4 is 4.90 Å². The number of hydrogen-bond acceptors (Lipinski definition) is 2. The lowest BCUT2D eigenvalue weighted by molar-refractivity contribution is 1.30. The van der Waals surface area contributed by atoms with Crippen molar-refractivity contribution in [2.75, 3.05) is 4.90 Å². The standard InChI is InChI=1S/C38H25NS/c1-2-8-26(9-3-1)27-16-19-30(20-17-27)39(32-22-23-38-36(25-32)34-12-6-7-13-37(34)40-38)31-21-18-29-15-14-28-10-4-5-11-33(28)35(29)24-31/h1-25H. The van der Waals surface area contributed by atoms with E-state index in [1.54, 1.807) is 0 Å². The van der Waals surface area contributed by atoms with Crippen LogP contribution in [-0.2, 0) is 0 Å². The molecule has 40 heavy (non-hydrogen) atoms. The topological polar surface area (TPSA) is 3.24 Å². The molecule has 0 unspecified atom stereocenters. The van der Waals surface area contributed by atoms with Crippen molar-refractivity contribution in [1.82, 2.24) is 0 Å². The molecule has 0 spiro atoms. The Kier molecular flexibility index (Phi) is 5.39. The van der Waals surface area contributed by atoms with E-state index in [1.807, 2.05) is 11.3 Å². The van der Waals surface area contributed by atoms with E-state index in [1.165, 1.54) is 52.8 Å². The highest BCUT2D eigenvalue weighted by Crippen LogP contribution is 2.42. The van der Waals surface area contributed by atoms with E-state index in [-0.39, 0.29) is 0 Å². The minimum atomic E-state index is 1.14. The van der Waals surface area contributed by atoms with Crippen molar-refractivity contribution in [3.63, 3.8) is 0 Å². The van der Waals surface area contributed by atoms with Gasteiger partial charge < -0.3 is 4.90 Å². The smallest absolute Gasteiger partial charge is 0.0468 e. The number of hydrogen-bond donors (Lipinski definition) is 0. The lowest BCUT2D eigenvalue weighted by atomic mass is 10.0. The molecule has 1 heterocycles. The van der Waals surface area contributed by atoms with Crippen molar-refractivity contribution in [1.29, 1.82) is 0 Å². The minimum absolute atomic E-state index is 1.14. The van der Waals surface area contributed by atoms with Crippen LogP contribution in [-0.4, -0.2) is 0 Å². The first kappa shape index (κ1) is 23.0. The molecule has 1 aromatic heterocycles. The normalized spacial score (nSPS) is 11.5. The molecule has 8 rings (SSSR count). The van der Waals surface area contributed by atoms with E-state index in [4.69, 9.17) is 0 Å². The van der Waals surface area contributed by atoms with Crippen LogP contribution in [0, 0.1) is 0 Å². The van der Waals surface area contributed by atoms with Gasteiger partial charge in [-0.2, -0.15) is 0 Å².